The fourth-order valence-corrected chi connectivity index (χ4v) is 2.04. The van der Waals surface area contributed by atoms with Crippen LogP contribution in [-0.2, 0) is 5.54 Å². The van der Waals surface area contributed by atoms with E-state index >= 15 is 0 Å². The van der Waals surface area contributed by atoms with Crippen LogP contribution in [0.5, 0.6) is 0 Å². The Morgan fingerprint density at radius 1 is 1.40 bits per heavy atom. The number of carbonyl (C=O) groups excluding carboxylic acids is 1. The lowest BCUT2D eigenvalue weighted by molar-refractivity contribution is 0.228. The number of anilines is 1. The van der Waals surface area contributed by atoms with Crippen LogP contribution in [0.4, 0.5) is 15.0 Å². The number of nitrogens with one attached hydrogen (secondary N) is 1. The van der Waals surface area contributed by atoms with Crippen LogP contribution in [0, 0.1) is 12.7 Å². The summed E-state index contributed by atoms with van der Waals surface area (Å²) in [5, 5.41) is 6.72. The number of amides is 1. The van der Waals surface area contributed by atoms with E-state index in [0.29, 0.717) is 11.3 Å². The SMILES string of the molecule is Cc1cc(N)n(C(=O)NC(C)(C)c2ccccc2F)n1. The third-order valence-electron chi connectivity index (χ3n) is 3.02. The van der Waals surface area contributed by atoms with Crippen molar-refractivity contribution < 1.29 is 9.18 Å². The van der Waals surface area contributed by atoms with Crippen molar-refractivity contribution in [1.82, 2.24) is 15.1 Å². The zero-order chi connectivity index (χ0) is 14.9. The highest BCUT2D eigenvalue weighted by Crippen LogP contribution is 2.23. The first-order valence-corrected chi connectivity index (χ1v) is 6.21. The second kappa shape index (κ2) is 4.96. The van der Waals surface area contributed by atoms with E-state index in [1.54, 1.807) is 45.0 Å². The van der Waals surface area contributed by atoms with Crippen molar-refractivity contribution in [1.29, 1.82) is 0 Å². The van der Waals surface area contributed by atoms with Crippen molar-refractivity contribution in [3.05, 3.63) is 47.4 Å². The summed E-state index contributed by atoms with van der Waals surface area (Å²) in [6, 6.07) is 7.41. The first-order chi connectivity index (χ1) is 9.31. The lowest BCUT2D eigenvalue weighted by atomic mass is 9.94. The van der Waals surface area contributed by atoms with Gasteiger partial charge in [-0.3, -0.25) is 0 Å². The van der Waals surface area contributed by atoms with Gasteiger partial charge < -0.3 is 11.1 Å². The molecular weight excluding hydrogens is 259 g/mol. The molecule has 0 bridgehead atoms. The van der Waals surface area contributed by atoms with E-state index < -0.39 is 11.6 Å². The molecule has 0 unspecified atom stereocenters. The molecule has 6 heteroatoms. The van der Waals surface area contributed by atoms with Crippen LogP contribution in [0.25, 0.3) is 0 Å². The van der Waals surface area contributed by atoms with Crippen LogP contribution >= 0.6 is 0 Å². The van der Waals surface area contributed by atoms with Gasteiger partial charge in [0.2, 0.25) is 0 Å². The highest BCUT2D eigenvalue weighted by atomic mass is 19.1. The van der Waals surface area contributed by atoms with Crippen molar-refractivity contribution in [2.45, 2.75) is 26.3 Å². The second-order valence-electron chi connectivity index (χ2n) is 5.16. The van der Waals surface area contributed by atoms with Gasteiger partial charge in [0.25, 0.3) is 0 Å². The van der Waals surface area contributed by atoms with E-state index in [1.165, 1.54) is 6.07 Å². The smallest absolute Gasteiger partial charge is 0.344 e. The van der Waals surface area contributed by atoms with E-state index in [4.69, 9.17) is 5.73 Å². The van der Waals surface area contributed by atoms with E-state index in [9.17, 15) is 9.18 Å². The maximum atomic E-state index is 13.8. The molecule has 0 aliphatic heterocycles. The topological polar surface area (TPSA) is 72.9 Å². The molecule has 0 fully saturated rings. The fraction of sp³-hybridized carbons (Fsp3) is 0.286. The summed E-state index contributed by atoms with van der Waals surface area (Å²) in [6.07, 6.45) is 0. The number of nitrogen functional groups attached to an aromatic ring is 1. The molecule has 0 saturated heterocycles. The van der Waals surface area contributed by atoms with E-state index in [-0.39, 0.29) is 11.6 Å². The maximum absolute atomic E-state index is 13.8. The minimum absolute atomic E-state index is 0.240. The molecule has 0 spiro atoms. The van der Waals surface area contributed by atoms with Gasteiger partial charge in [0.15, 0.2) is 0 Å². The summed E-state index contributed by atoms with van der Waals surface area (Å²) in [4.78, 5) is 12.2. The lowest BCUT2D eigenvalue weighted by Crippen LogP contribution is -2.44. The van der Waals surface area contributed by atoms with Crippen molar-refractivity contribution in [3.63, 3.8) is 0 Å². The average Bonchev–Trinajstić information content (AvgIpc) is 2.68. The highest BCUT2D eigenvalue weighted by molar-refractivity contribution is 5.79. The second-order valence-corrected chi connectivity index (χ2v) is 5.16. The minimum atomic E-state index is -0.880. The van der Waals surface area contributed by atoms with Gasteiger partial charge >= 0.3 is 6.03 Å². The quantitative estimate of drug-likeness (QED) is 0.884. The Morgan fingerprint density at radius 2 is 2.05 bits per heavy atom. The summed E-state index contributed by atoms with van der Waals surface area (Å²) < 4.78 is 14.9. The summed E-state index contributed by atoms with van der Waals surface area (Å²) in [5.41, 5.74) is 5.85. The predicted octanol–water partition coefficient (Wildman–Crippen LogP) is 2.41. The Morgan fingerprint density at radius 3 is 2.60 bits per heavy atom. The molecule has 1 aromatic heterocycles. The van der Waals surface area contributed by atoms with Crippen LogP contribution in [0.1, 0.15) is 25.1 Å². The van der Waals surface area contributed by atoms with Crippen LogP contribution in [0.2, 0.25) is 0 Å². The van der Waals surface area contributed by atoms with Gasteiger partial charge in [-0.2, -0.15) is 9.78 Å². The molecular formula is C14H17FN4O. The Kier molecular flexibility index (Phi) is 3.48. The molecule has 1 aromatic carbocycles. The highest BCUT2D eigenvalue weighted by Gasteiger charge is 2.27. The first kappa shape index (κ1) is 14.0. The van der Waals surface area contributed by atoms with Crippen molar-refractivity contribution in [2.24, 2.45) is 0 Å². The molecule has 2 aromatic rings. The molecule has 0 atom stereocenters. The molecule has 0 saturated carbocycles. The number of halogens is 1. The first-order valence-electron chi connectivity index (χ1n) is 6.21. The monoisotopic (exact) mass is 276 g/mol. The number of aromatic nitrogens is 2. The Labute approximate surface area is 116 Å². The predicted molar refractivity (Wildman–Crippen MR) is 74.7 cm³/mol. The van der Waals surface area contributed by atoms with Crippen LogP contribution in [-0.4, -0.2) is 15.8 Å². The van der Waals surface area contributed by atoms with Gasteiger partial charge in [-0.1, -0.05) is 18.2 Å². The third-order valence-corrected chi connectivity index (χ3v) is 3.02. The minimum Gasteiger partial charge on any atom is -0.383 e. The summed E-state index contributed by atoms with van der Waals surface area (Å²) >= 11 is 0. The molecule has 1 amide bonds. The van der Waals surface area contributed by atoms with Crippen molar-refractivity contribution >= 4 is 11.8 Å². The van der Waals surface area contributed by atoms with Gasteiger partial charge in [0.1, 0.15) is 11.6 Å². The van der Waals surface area contributed by atoms with E-state index in [0.717, 1.165) is 4.68 Å². The van der Waals surface area contributed by atoms with Gasteiger partial charge in [-0.05, 0) is 26.8 Å². The zero-order valence-corrected chi connectivity index (χ0v) is 11.6. The maximum Gasteiger partial charge on any atom is 0.344 e. The largest absolute Gasteiger partial charge is 0.383 e. The number of benzene rings is 1. The standard InChI is InChI=1S/C14H17FN4O/c1-9-8-12(16)19(18-9)13(20)17-14(2,3)10-6-4-5-7-11(10)15/h4-8H,16H2,1-3H3,(H,17,20). The zero-order valence-electron chi connectivity index (χ0n) is 11.6. The molecule has 0 radical (unpaired) electrons. The number of aryl methyl sites for hydroxylation is 1. The molecule has 0 aliphatic carbocycles. The number of nitrogens with two attached hydrogens (primary N) is 1. The summed E-state index contributed by atoms with van der Waals surface area (Å²) in [6.45, 7) is 5.17. The van der Waals surface area contributed by atoms with E-state index in [2.05, 4.69) is 10.4 Å². The van der Waals surface area contributed by atoms with Gasteiger partial charge in [-0.25, -0.2) is 9.18 Å². The number of rotatable bonds is 2. The molecule has 5 nitrogen and oxygen atoms in total. The van der Waals surface area contributed by atoms with Crippen molar-refractivity contribution in [3.8, 4) is 0 Å². The lowest BCUT2D eigenvalue weighted by Gasteiger charge is -2.27. The number of carbonyl (C=O) groups is 1. The van der Waals surface area contributed by atoms with Crippen LogP contribution < -0.4 is 11.1 Å². The van der Waals surface area contributed by atoms with Crippen molar-refractivity contribution in [2.75, 3.05) is 5.73 Å². The van der Waals surface area contributed by atoms with Gasteiger partial charge in [0.05, 0.1) is 11.2 Å². The molecule has 3 N–H and O–H groups in total. The molecule has 106 valence electrons. The molecule has 20 heavy (non-hydrogen) atoms. The molecule has 1 heterocycles. The summed E-state index contributed by atoms with van der Waals surface area (Å²) in [5.74, 6) is -0.133. The Balaban J connectivity index is 2.27. The molecule has 2 rings (SSSR count). The van der Waals surface area contributed by atoms with Gasteiger partial charge in [-0.15, -0.1) is 0 Å². The number of hydrogen-bond acceptors (Lipinski definition) is 3. The fourth-order valence-electron chi connectivity index (χ4n) is 2.04. The van der Waals surface area contributed by atoms with E-state index in [1.807, 2.05) is 0 Å². The van der Waals surface area contributed by atoms with Crippen LogP contribution in [0.15, 0.2) is 30.3 Å². The number of hydrogen-bond donors (Lipinski definition) is 2. The number of nitrogens with zero attached hydrogens (tertiary/aromatic N) is 2. The average molecular weight is 276 g/mol. The van der Waals surface area contributed by atoms with Crippen LogP contribution in [0.3, 0.4) is 0 Å². The van der Waals surface area contributed by atoms with Gasteiger partial charge in [0, 0.05) is 11.6 Å². The summed E-state index contributed by atoms with van der Waals surface area (Å²) in [7, 11) is 0. The normalized spacial score (nSPS) is 11.4. The Bertz CT molecular complexity index is 648. The third kappa shape index (κ3) is 2.64. The molecule has 0 aliphatic rings. The Hall–Kier alpha value is -2.37.